The van der Waals surface area contributed by atoms with Gasteiger partial charge in [-0.05, 0) is 103 Å². The van der Waals surface area contributed by atoms with E-state index < -0.39 is 5.41 Å². The van der Waals surface area contributed by atoms with Crippen molar-refractivity contribution in [3.8, 4) is 67.5 Å². The summed E-state index contributed by atoms with van der Waals surface area (Å²) >= 11 is 1.79. The Labute approximate surface area is 375 Å². The highest BCUT2D eigenvalue weighted by molar-refractivity contribution is 7.26. The fourth-order valence-electron chi connectivity index (χ4n) is 11.5. The lowest BCUT2D eigenvalue weighted by Crippen LogP contribution is -2.32. The molecular formula is C60H38N2OS. The lowest BCUT2D eigenvalue weighted by molar-refractivity contribution is 0.436. The molecule has 0 N–H and O–H groups in total. The van der Waals surface area contributed by atoms with Gasteiger partial charge in [-0.15, -0.1) is 11.3 Å². The smallest absolute Gasteiger partial charge is 0.160 e. The highest BCUT2D eigenvalue weighted by Gasteiger charge is 2.52. The Hall–Kier alpha value is -7.66. The normalized spacial score (nSPS) is 14.5. The van der Waals surface area contributed by atoms with E-state index in [1.54, 1.807) is 11.3 Å². The average molecular weight is 835 g/mol. The molecule has 1 aliphatic heterocycles. The summed E-state index contributed by atoms with van der Waals surface area (Å²) in [5.41, 5.74) is 18.3. The van der Waals surface area contributed by atoms with Crippen LogP contribution in [0.25, 0.3) is 87.1 Å². The zero-order valence-electron chi connectivity index (χ0n) is 35.2. The molecule has 0 fully saturated rings. The van der Waals surface area contributed by atoms with Gasteiger partial charge in [0.25, 0.3) is 0 Å². The summed E-state index contributed by atoms with van der Waals surface area (Å²) in [6, 6.07) is 71.0. The standard InChI is InChI=1S/C60H38N2OS/c1-59(2)44-31-30-38(33-42(44)54-41(22-15-25-47(54)59)56-57-55(40-20-8-13-29-52(40)64-57)61-58(62-56)35-16-4-3-5-17-35)39-21-14-26-48-53(39)43-32-36-18-6-7-19-37(36)34-49(43)60(48)45-23-9-11-27-50(45)63-51-28-12-10-24-46(51)60/h3-34H,1-2H3. The molecule has 2 aromatic heterocycles. The minimum Gasteiger partial charge on any atom is -0.457 e. The van der Waals surface area contributed by atoms with E-state index in [1.807, 2.05) is 6.07 Å². The number of para-hydroxylation sites is 2. The summed E-state index contributed by atoms with van der Waals surface area (Å²) in [5, 5.41) is 3.62. The first-order valence-corrected chi connectivity index (χ1v) is 22.9. The molecule has 64 heavy (non-hydrogen) atoms. The molecule has 0 bridgehead atoms. The molecule has 0 atom stereocenters. The van der Waals surface area contributed by atoms with Gasteiger partial charge in [0.15, 0.2) is 5.82 Å². The van der Waals surface area contributed by atoms with Crippen molar-refractivity contribution in [3.63, 3.8) is 0 Å². The van der Waals surface area contributed by atoms with Crippen LogP contribution < -0.4 is 4.74 Å². The van der Waals surface area contributed by atoms with Crippen molar-refractivity contribution >= 4 is 42.4 Å². The van der Waals surface area contributed by atoms with Crippen LogP contribution in [0.1, 0.15) is 47.2 Å². The molecule has 0 amide bonds. The molecule has 3 nitrogen and oxygen atoms in total. The SMILES string of the molecule is CC1(C)c2ccc(-c3cccc4c3-c3cc5ccccc5cc3C43c4ccccc4Oc4ccccc43)cc2-c2c(-c3nc(-c4ccccc4)nc4c3sc3ccccc34)cccc21. The largest absolute Gasteiger partial charge is 0.457 e. The van der Waals surface area contributed by atoms with Crippen molar-refractivity contribution in [2.75, 3.05) is 0 Å². The number of ether oxygens (including phenoxy) is 1. The highest BCUT2D eigenvalue weighted by atomic mass is 32.1. The quantitative estimate of drug-likeness (QED) is 0.178. The second kappa shape index (κ2) is 12.9. The van der Waals surface area contributed by atoms with Crippen LogP contribution in [0.15, 0.2) is 194 Å². The van der Waals surface area contributed by atoms with E-state index in [0.29, 0.717) is 0 Å². The molecule has 0 saturated carbocycles. The van der Waals surface area contributed by atoms with Gasteiger partial charge in [0.05, 0.1) is 21.3 Å². The van der Waals surface area contributed by atoms with Gasteiger partial charge in [-0.1, -0.05) is 172 Å². The lowest BCUT2D eigenvalue weighted by Gasteiger charge is -2.39. The number of hydrogen-bond donors (Lipinski definition) is 0. The minimum absolute atomic E-state index is 0.225. The van der Waals surface area contributed by atoms with Crippen LogP contribution in [-0.2, 0) is 10.8 Å². The second-order valence-corrected chi connectivity index (χ2v) is 19.0. The third-order valence-electron chi connectivity index (χ3n) is 14.3. The van der Waals surface area contributed by atoms with Crippen molar-refractivity contribution in [2.45, 2.75) is 24.7 Å². The van der Waals surface area contributed by atoms with Crippen molar-refractivity contribution in [2.24, 2.45) is 0 Å². The molecule has 0 unspecified atom stereocenters. The first-order chi connectivity index (χ1) is 31.5. The maximum atomic E-state index is 6.72. The van der Waals surface area contributed by atoms with Crippen molar-refractivity contribution in [1.29, 1.82) is 0 Å². The molecule has 11 aromatic rings. The van der Waals surface area contributed by atoms with Crippen LogP contribution in [-0.4, -0.2) is 9.97 Å². The maximum Gasteiger partial charge on any atom is 0.160 e. The van der Waals surface area contributed by atoms with Crippen molar-refractivity contribution in [3.05, 3.63) is 228 Å². The Morgan fingerprint density at radius 2 is 1.06 bits per heavy atom. The first kappa shape index (κ1) is 35.9. The molecule has 9 aromatic carbocycles. The number of aromatic nitrogens is 2. The topological polar surface area (TPSA) is 35.0 Å². The number of thiophene rings is 1. The second-order valence-electron chi connectivity index (χ2n) is 18.0. The predicted molar refractivity (Wildman–Crippen MR) is 264 cm³/mol. The predicted octanol–water partition coefficient (Wildman–Crippen LogP) is 15.8. The number of rotatable bonds is 3. The fourth-order valence-corrected chi connectivity index (χ4v) is 12.7. The summed E-state index contributed by atoms with van der Waals surface area (Å²) in [6.45, 7) is 4.74. The van der Waals surface area contributed by atoms with E-state index in [1.165, 1.54) is 82.2 Å². The summed E-state index contributed by atoms with van der Waals surface area (Å²) in [4.78, 5) is 10.8. The molecular weight excluding hydrogens is 797 g/mol. The van der Waals surface area contributed by atoms with Gasteiger partial charge in [0.1, 0.15) is 11.5 Å². The molecule has 0 saturated heterocycles. The molecule has 0 radical (unpaired) electrons. The highest BCUT2D eigenvalue weighted by Crippen LogP contribution is 2.64. The number of nitrogens with zero attached hydrogens (tertiary/aromatic N) is 2. The van der Waals surface area contributed by atoms with E-state index in [-0.39, 0.29) is 5.41 Å². The maximum absolute atomic E-state index is 6.72. The van der Waals surface area contributed by atoms with Gasteiger partial charge in [-0.3, -0.25) is 0 Å². The average Bonchev–Trinajstić information content (AvgIpc) is 3.94. The van der Waals surface area contributed by atoms with Gasteiger partial charge in [0.2, 0.25) is 0 Å². The third kappa shape index (κ3) is 4.70. The van der Waals surface area contributed by atoms with Gasteiger partial charge in [-0.25, -0.2) is 9.97 Å². The van der Waals surface area contributed by atoms with Crippen LogP contribution in [0.4, 0.5) is 0 Å². The third-order valence-corrected chi connectivity index (χ3v) is 15.5. The van der Waals surface area contributed by atoms with Crippen molar-refractivity contribution in [1.82, 2.24) is 9.97 Å². The van der Waals surface area contributed by atoms with E-state index in [4.69, 9.17) is 14.7 Å². The first-order valence-electron chi connectivity index (χ1n) is 22.1. The molecule has 14 rings (SSSR count). The van der Waals surface area contributed by atoms with Gasteiger partial charge < -0.3 is 4.74 Å². The van der Waals surface area contributed by atoms with Gasteiger partial charge in [-0.2, -0.15) is 0 Å². The molecule has 2 aliphatic carbocycles. The zero-order chi connectivity index (χ0) is 42.3. The summed E-state index contributed by atoms with van der Waals surface area (Å²) in [7, 11) is 0. The monoisotopic (exact) mass is 834 g/mol. The Morgan fingerprint density at radius 3 is 1.86 bits per heavy atom. The van der Waals surface area contributed by atoms with Gasteiger partial charge >= 0.3 is 0 Å². The van der Waals surface area contributed by atoms with Crippen LogP contribution in [0, 0.1) is 0 Å². The van der Waals surface area contributed by atoms with E-state index in [2.05, 4.69) is 202 Å². The summed E-state index contributed by atoms with van der Waals surface area (Å²) < 4.78 is 9.05. The molecule has 4 heteroatoms. The number of fused-ring (bicyclic) bond motifs is 16. The lowest BCUT2D eigenvalue weighted by atomic mass is 9.66. The van der Waals surface area contributed by atoms with Crippen LogP contribution in [0.5, 0.6) is 11.5 Å². The van der Waals surface area contributed by atoms with Gasteiger partial charge in [0, 0.05) is 37.8 Å². The van der Waals surface area contributed by atoms with E-state index >= 15 is 0 Å². The fraction of sp³-hybridized carbons (Fsp3) is 0.0667. The number of benzene rings is 9. The molecule has 3 heterocycles. The summed E-state index contributed by atoms with van der Waals surface area (Å²) in [5.74, 6) is 2.54. The summed E-state index contributed by atoms with van der Waals surface area (Å²) in [6.07, 6.45) is 0. The Balaban J connectivity index is 1.04. The Morgan fingerprint density at radius 1 is 0.438 bits per heavy atom. The number of hydrogen-bond acceptors (Lipinski definition) is 4. The van der Waals surface area contributed by atoms with E-state index in [0.717, 1.165) is 49.7 Å². The zero-order valence-corrected chi connectivity index (χ0v) is 36.0. The minimum atomic E-state index is -0.576. The Bertz CT molecular complexity index is 3760. The molecule has 300 valence electrons. The van der Waals surface area contributed by atoms with E-state index in [9.17, 15) is 0 Å². The van der Waals surface area contributed by atoms with Crippen LogP contribution in [0.2, 0.25) is 0 Å². The van der Waals surface area contributed by atoms with Crippen LogP contribution >= 0.6 is 11.3 Å². The molecule has 3 aliphatic rings. The van der Waals surface area contributed by atoms with Crippen molar-refractivity contribution < 1.29 is 4.74 Å². The Kier molecular flexibility index (Phi) is 7.26. The molecule has 1 spiro atoms. The van der Waals surface area contributed by atoms with Crippen LogP contribution in [0.3, 0.4) is 0 Å².